The molecule has 0 aliphatic carbocycles. The highest BCUT2D eigenvalue weighted by atomic mass is 16.5. The number of morpholine rings is 1. The molecule has 0 spiro atoms. The Morgan fingerprint density at radius 3 is 3.11 bits per heavy atom. The Bertz CT molecular complexity index is 399. The van der Waals surface area contributed by atoms with Gasteiger partial charge in [-0.3, -0.25) is 4.90 Å². The van der Waals surface area contributed by atoms with Crippen molar-refractivity contribution in [1.29, 1.82) is 0 Å². The van der Waals surface area contributed by atoms with Crippen LogP contribution < -0.4 is 11.1 Å². The Morgan fingerprint density at radius 1 is 1.58 bits per heavy atom. The molecule has 2 atom stereocenters. The molecule has 19 heavy (non-hydrogen) atoms. The van der Waals surface area contributed by atoms with Gasteiger partial charge in [0.2, 0.25) is 0 Å². The van der Waals surface area contributed by atoms with Crippen LogP contribution in [0.3, 0.4) is 0 Å². The Morgan fingerprint density at radius 2 is 2.42 bits per heavy atom. The fourth-order valence-electron chi connectivity index (χ4n) is 2.58. The van der Waals surface area contributed by atoms with Crippen molar-refractivity contribution in [1.82, 2.24) is 15.2 Å². The number of nitrogens with zero attached hydrogens (tertiary/aromatic N) is 2. The minimum Gasteiger partial charge on any atom is -0.383 e. The largest absolute Gasteiger partial charge is 0.383 e. The maximum Gasteiger partial charge on any atom is 0.128 e. The molecule has 0 amide bonds. The van der Waals surface area contributed by atoms with Gasteiger partial charge < -0.3 is 15.8 Å². The van der Waals surface area contributed by atoms with Crippen molar-refractivity contribution in [2.45, 2.75) is 26.0 Å². The molecule has 0 saturated carbocycles. The number of ether oxygens (including phenoxy) is 1. The van der Waals surface area contributed by atoms with E-state index in [0.717, 1.165) is 38.3 Å². The van der Waals surface area contributed by atoms with Crippen molar-refractivity contribution in [2.75, 3.05) is 38.5 Å². The Labute approximate surface area is 115 Å². The summed E-state index contributed by atoms with van der Waals surface area (Å²) in [5, 5.41) is 3.48. The van der Waals surface area contributed by atoms with Gasteiger partial charge in [0.15, 0.2) is 0 Å². The smallest absolute Gasteiger partial charge is 0.128 e. The zero-order valence-corrected chi connectivity index (χ0v) is 11.8. The molecule has 106 valence electrons. The van der Waals surface area contributed by atoms with Crippen LogP contribution in [0.25, 0.3) is 0 Å². The molecule has 1 saturated heterocycles. The average Bonchev–Trinajstić information content (AvgIpc) is 2.46. The molecule has 1 aromatic heterocycles. The van der Waals surface area contributed by atoms with Gasteiger partial charge >= 0.3 is 0 Å². The molecule has 0 bridgehead atoms. The lowest BCUT2D eigenvalue weighted by atomic mass is 10.0. The summed E-state index contributed by atoms with van der Waals surface area (Å²) in [5.41, 5.74) is 7.04. The van der Waals surface area contributed by atoms with Crippen molar-refractivity contribution in [3.63, 3.8) is 0 Å². The van der Waals surface area contributed by atoms with Crippen molar-refractivity contribution >= 4 is 5.82 Å². The van der Waals surface area contributed by atoms with Gasteiger partial charge in [-0.25, -0.2) is 4.98 Å². The molecule has 0 aromatic carbocycles. The van der Waals surface area contributed by atoms with Crippen LogP contribution in [0.15, 0.2) is 18.3 Å². The number of nitrogens with two attached hydrogens (primary N) is 1. The fourth-order valence-corrected chi connectivity index (χ4v) is 2.58. The van der Waals surface area contributed by atoms with Crippen LogP contribution in [-0.2, 0) is 4.74 Å². The lowest BCUT2D eigenvalue weighted by Crippen LogP contribution is -2.48. The zero-order valence-electron chi connectivity index (χ0n) is 11.8. The van der Waals surface area contributed by atoms with Gasteiger partial charge in [0.05, 0.1) is 18.8 Å². The molecule has 1 aliphatic rings. The van der Waals surface area contributed by atoms with Crippen LogP contribution in [0.2, 0.25) is 0 Å². The van der Waals surface area contributed by atoms with Crippen LogP contribution in [0.5, 0.6) is 0 Å². The lowest BCUT2D eigenvalue weighted by molar-refractivity contribution is -0.0453. The first kappa shape index (κ1) is 14.2. The van der Waals surface area contributed by atoms with Gasteiger partial charge in [-0.15, -0.1) is 0 Å². The predicted molar refractivity (Wildman–Crippen MR) is 76.9 cm³/mol. The number of nitrogen functional groups attached to an aromatic ring is 1. The molecular weight excluding hydrogens is 240 g/mol. The average molecular weight is 264 g/mol. The lowest BCUT2D eigenvalue weighted by Gasteiger charge is -2.37. The molecule has 1 fully saturated rings. The number of hydrogen-bond acceptors (Lipinski definition) is 5. The number of anilines is 1. The van der Waals surface area contributed by atoms with E-state index in [-0.39, 0.29) is 12.1 Å². The number of aromatic nitrogens is 1. The van der Waals surface area contributed by atoms with E-state index in [0.29, 0.717) is 5.82 Å². The highest BCUT2D eigenvalue weighted by Crippen LogP contribution is 2.25. The fraction of sp³-hybridized carbons (Fsp3) is 0.643. The second-order valence-corrected chi connectivity index (χ2v) is 4.82. The highest BCUT2D eigenvalue weighted by molar-refractivity contribution is 5.41. The number of hydrogen-bond donors (Lipinski definition) is 2. The first-order chi connectivity index (χ1) is 9.26. The molecule has 2 rings (SSSR count). The van der Waals surface area contributed by atoms with Crippen molar-refractivity contribution in [3.8, 4) is 0 Å². The summed E-state index contributed by atoms with van der Waals surface area (Å²) in [4.78, 5) is 6.59. The molecule has 1 aliphatic heterocycles. The van der Waals surface area contributed by atoms with Crippen LogP contribution in [0.1, 0.15) is 25.5 Å². The zero-order chi connectivity index (χ0) is 13.7. The number of nitrogens with one attached hydrogen (secondary N) is 1. The first-order valence-corrected chi connectivity index (χ1v) is 7.04. The Hall–Kier alpha value is -1.17. The summed E-state index contributed by atoms with van der Waals surface area (Å²) in [6, 6.07) is 4.06. The molecule has 1 aromatic rings. The molecule has 5 nitrogen and oxygen atoms in total. The van der Waals surface area contributed by atoms with Crippen LogP contribution in [-0.4, -0.2) is 48.8 Å². The van der Waals surface area contributed by atoms with E-state index in [1.165, 1.54) is 0 Å². The Kier molecular flexibility index (Phi) is 5.13. The van der Waals surface area contributed by atoms with Gasteiger partial charge in [-0.1, -0.05) is 19.9 Å². The third-order valence-corrected chi connectivity index (χ3v) is 3.63. The summed E-state index contributed by atoms with van der Waals surface area (Å²) in [6.45, 7) is 8.94. The van der Waals surface area contributed by atoms with Crippen molar-refractivity contribution < 1.29 is 4.74 Å². The first-order valence-electron chi connectivity index (χ1n) is 7.04. The summed E-state index contributed by atoms with van der Waals surface area (Å²) in [5.74, 6) is 0.589. The third-order valence-electron chi connectivity index (χ3n) is 3.63. The van der Waals surface area contributed by atoms with Gasteiger partial charge in [0.1, 0.15) is 5.82 Å². The second-order valence-electron chi connectivity index (χ2n) is 4.82. The molecule has 0 radical (unpaired) electrons. The molecular formula is C14H24N4O. The summed E-state index contributed by atoms with van der Waals surface area (Å²) >= 11 is 0. The SMILES string of the molecule is CCNC(c1cccnc1N)C1CN(CC)CCO1. The number of pyridine rings is 1. The van der Waals surface area contributed by atoms with E-state index < -0.39 is 0 Å². The maximum atomic E-state index is 6.01. The third kappa shape index (κ3) is 3.43. The van der Waals surface area contributed by atoms with E-state index in [4.69, 9.17) is 10.5 Å². The van der Waals surface area contributed by atoms with Crippen molar-refractivity contribution in [2.24, 2.45) is 0 Å². The number of rotatable bonds is 5. The van der Waals surface area contributed by atoms with E-state index >= 15 is 0 Å². The van der Waals surface area contributed by atoms with E-state index in [2.05, 4.69) is 29.0 Å². The molecule has 3 N–H and O–H groups in total. The maximum absolute atomic E-state index is 6.01. The van der Waals surface area contributed by atoms with Crippen LogP contribution in [0.4, 0.5) is 5.82 Å². The van der Waals surface area contributed by atoms with Gasteiger partial charge in [-0.05, 0) is 19.2 Å². The summed E-state index contributed by atoms with van der Waals surface area (Å²) in [6.07, 6.45) is 1.85. The standard InChI is InChI=1S/C14H24N4O/c1-3-16-13(11-6-5-7-17-14(11)15)12-10-18(4-2)8-9-19-12/h5-7,12-13,16H,3-4,8-10H2,1-2H3,(H2,15,17). The van der Waals surface area contributed by atoms with Gasteiger partial charge in [0, 0.05) is 24.8 Å². The highest BCUT2D eigenvalue weighted by Gasteiger charge is 2.29. The minimum atomic E-state index is 0.105. The second kappa shape index (κ2) is 6.84. The van der Waals surface area contributed by atoms with Crippen LogP contribution >= 0.6 is 0 Å². The van der Waals surface area contributed by atoms with E-state index in [1.54, 1.807) is 6.20 Å². The van der Waals surface area contributed by atoms with Crippen LogP contribution in [0, 0.1) is 0 Å². The van der Waals surface area contributed by atoms with Crippen molar-refractivity contribution in [3.05, 3.63) is 23.9 Å². The van der Waals surface area contributed by atoms with E-state index in [1.807, 2.05) is 12.1 Å². The summed E-state index contributed by atoms with van der Waals surface area (Å²) < 4.78 is 5.95. The Balaban J connectivity index is 2.17. The quantitative estimate of drug-likeness (QED) is 0.832. The van der Waals surface area contributed by atoms with Gasteiger partial charge in [-0.2, -0.15) is 0 Å². The number of likely N-dealkylation sites (N-methyl/N-ethyl adjacent to an activating group) is 2. The minimum absolute atomic E-state index is 0.105. The predicted octanol–water partition coefficient (Wildman–Crippen LogP) is 1.04. The topological polar surface area (TPSA) is 63.4 Å². The molecule has 5 heteroatoms. The molecule has 2 heterocycles. The summed E-state index contributed by atoms with van der Waals surface area (Å²) in [7, 11) is 0. The van der Waals surface area contributed by atoms with Gasteiger partial charge in [0.25, 0.3) is 0 Å². The normalized spacial score (nSPS) is 22.3. The monoisotopic (exact) mass is 264 g/mol. The van der Waals surface area contributed by atoms with E-state index in [9.17, 15) is 0 Å². The molecule has 2 unspecified atom stereocenters.